The number of ether oxygens (including phenoxy) is 2. The number of sulfone groups is 1. The molecule has 1 aliphatic heterocycles. The summed E-state index contributed by atoms with van der Waals surface area (Å²) in [6.45, 7) is 4.38. The summed E-state index contributed by atoms with van der Waals surface area (Å²) in [5.74, 6) is 0.281. The lowest BCUT2D eigenvalue weighted by molar-refractivity contribution is -0.139. The van der Waals surface area contributed by atoms with Crippen molar-refractivity contribution in [1.29, 1.82) is 0 Å². The van der Waals surface area contributed by atoms with E-state index in [2.05, 4.69) is 22.1 Å². The normalized spacial score (nSPS) is 22.2. The minimum absolute atomic E-state index is 0.118. The fourth-order valence-corrected chi connectivity index (χ4v) is 5.87. The molecule has 0 amide bonds. The molecule has 0 spiro atoms. The van der Waals surface area contributed by atoms with Gasteiger partial charge in [-0.25, -0.2) is 13.4 Å². The number of rotatable bonds is 6. The smallest absolute Gasteiger partial charge is 0.175 e. The minimum Gasteiger partial charge on any atom is -0.347 e. The predicted molar refractivity (Wildman–Crippen MR) is 128 cm³/mol. The highest BCUT2D eigenvalue weighted by Crippen LogP contribution is 2.39. The van der Waals surface area contributed by atoms with Gasteiger partial charge in [0, 0.05) is 35.0 Å². The lowest BCUT2D eigenvalue weighted by Gasteiger charge is -2.20. The minimum atomic E-state index is -3.21. The molecule has 3 heterocycles. The zero-order valence-corrected chi connectivity index (χ0v) is 20.3. The standard InChI is InChI=1S/C26H32N2O4S/c1-26(2)31-16-24(32-26)20-13-19-14-23(28-25(19)27-15-20)22(12-17-6-4-5-7-17)18-8-10-21(11-9-18)33(3,29)30/h8-11,13-15,17,22,24H,4-7,12,16H2,1-3H3,(H,27,28). The number of nitrogens with one attached hydrogen (secondary N) is 1. The molecule has 1 saturated heterocycles. The van der Waals surface area contributed by atoms with Crippen molar-refractivity contribution in [2.45, 2.75) is 68.7 Å². The van der Waals surface area contributed by atoms with Crippen molar-refractivity contribution in [3.05, 3.63) is 59.4 Å². The van der Waals surface area contributed by atoms with Crippen LogP contribution in [0.1, 0.15) is 74.8 Å². The Kier molecular flexibility index (Phi) is 5.83. The molecule has 7 heteroatoms. The van der Waals surface area contributed by atoms with Crippen LogP contribution in [0.3, 0.4) is 0 Å². The maximum atomic E-state index is 11.9. The summed E-state index contributed by atoms with van der Waals surface area (Å²) < 4.78 is 35.6. The average molecular weight is 469 g/mol. The van der Waals surface area contributed by atoms with Crippen molar-refractivity contribution < 1.29 is 17.9 Å². The molecule has 0 radical (unpaired) electrons. The second-order valence-electron chi connectivity index (χ2n) is 10.0. The van der Waals surface area contributed by atoms with E-state index < -0.39 is 15.6 Å². The number of H-pyrrole nitrogens is 1. The van der Waals surface area contributed by atoms with Crippen LogP contribution in [-0.4, -0.2) is 37.0 Å². The van der Waals surface area contributed by atoms with Gasteiger partial charge in [0.2, 0.25) is 0 Å². The second kappa shape index (κ2) is 8.53. The van der Waals surface area contributed by atoms with E-state index in [0.717, 1.165) is 34.3 Å². The fourth-order valence-electron chi connectivity index (χ4n) is 5.24. The van der Waals surface area contributed by atoms with Crippen molar-refractivity contribution in [1.82, 2.24) is 9.97 Å². The third kappa shape index (κ3) is 4.86. The maximum Gasteiger partial charge on any atom is 0.175 e. The van der Waals surface area contributed by atoms with E-state index in [1.165, 1.54) is 31.9 Å². The molecule has 3 aromatic rings. The van der Waals surface area contributed by atoms with Crippen LogP contribution >= 0.6 is 0 Å². The number of hydrogen-bond acceptors (Lipinski definition) is 5. The molecule has 6 nitrogen and oxygen atoms in total. The van der Waals surface area contributed by atoms with Crippen molar-refractivity contribution in [2.75, 3.05) is 12.9 Å². The van der Waals surface area contributed by atoms with Gasteiger partial charge >= 0.3 is 0 Å². The van der Waals surface area contributed by atoms with Gasteiger partial charge in [-0.05, 0) is 56.0 Å². The first kappa shape index (κ1) is 22.6. The van der Waals surface area contributed by atoms with E-state index in [9.17, 15) is 8.42 Å². The zero-order valence-electron chi connectivity index (χ0n) is 19.5. The maximum absolute atomic E-state index is 11.9. The lowest BCUT2D eigenvalue weighted by atomic mass is 9.85. The van der Waals surface area contributed by atoms with Crippen molar-refractivity contribution in [3.63, 3.8) is 0 Å². The van der Waals surface area contributed by atoms with E-state index in [0.29, 0.717) is 17.4 Å². The van der Waals surface area contributed by atoms with E-state index >= 15 is 0 Å². The predicted octanol–water partition coefficient (Wildman–Crippen LogP) is 5.50. The number of hydrogen-bond donors (Lipinski definition) is 1. The highest BCUT2D eigenvalue weighted by atomic mass is 32.2. The first-order valence-corrected chi connectivity index (χ1v) is 13.7. The molecule has 2 fully saturated rings. The topological polar surface area (TPSA) is 81.3 Å². The van der Waals surface area contributed by atoms with Crippen LogP contribution in [0, 0.1) is 5.92 Å². The number of benzene rings is 1. The van der Waals surface area contributed by atoms with Crippen molar-refractivity contribution >= 4 is 20.9 Å². The Hall–Kier alpha value is -2.22. The monoisotopic (exact) mass is 468 g/mol. The van der Waals surface area contributed by atoms with Gasteiger partial charge in [0.1, 0.15) is 11.8 Å². The molecule has 2 atom stereocenters. The third-order valence-electron chi connectivity index (χ3n) is 7.02. The molecule has 176 valence electrons. The summed E-state index contributed by atoms with van der Waals surface area (Å²) in [5.41, 5.74) is 4.13. The molecule has 0 bridgehead atoms. The van der Waals surface area contributed by atoms with Gasteiger partial charge in [0.05, 0.1) is 11.5 Å². The van der Waals surface area contributed by atoms with Crippen molar-refractivity contribution in [2.24, 2.45) is 5.92 Å². The number of aromatic amines is 1. The Bertz CT molecular complexity index is 1240. The second-order valence-corrected chi connectivity index (χ2v) is 12.0. The number of fused-ring (bicyclic) bond motifs is 1. The van der Waals surface area contributed by atoms with Crippen LogP contribution in [0.25, 0.3) is 11.0 Å². The van der Waals surface area contributed by atoms with Crippen LogP contribution < -0.4 is 0 Å². The third-order valence-corrected chi connectivity index (χ3v) is 8.15. The zero-order chi connectivity index (χ0) is 23.2. The van der Waals surface area contributed by atoms with Crippen LogP contribution in [-0.2, 0) is 19.3 Å². The van der Waals surface area contributed by atoms with Crippen molar-refractivity contribution in [3.8, 4) is 0 Å². The van der Waals surface area contributed by atoms with Gasteiger partial charge in [-0.3, -0.25) is 0 Å². The molecular weight excluding hydrogens is 436 g/mol. The van der Waals surface area contributed by atoms with Gasteiger partial charge in [-0.15, -0.1) is 0 Å². The van der Waals surface area contributed by atoms with E-state index in [-0.39, 0.29) is 12.0 Å². The Labute approximate surface area is 195 Å². The number of nitrogens with zero attached hydrogens (tertiary/aromatic N) is 1. The molecule has 1 N–H and O–H groups in total. The van der Waals surface area contributed by atoms with Crippen LogP contribution in [0.2, 0.25) is 0 Å². The summed E-state index contributed by atoms with van der Waals surface area (Å²) in [7, 11) is -3.21. The van der Waals surface area contributed by atoms with Gasteiger partial charge in [0.15, 0.2) is 15.6 Å². The molecule has 1 saturated carbocycles. The SMILES string of the molecule is CC1(C)OCC(c2cnc3[nH]c(C(CC4CCCC4)c4ccc(S(C)(=O)=O)cc4)cc3c2)O1. The van der Waals surface area contributed by atoms with Crippen LogP contribution in [0.5, 0.6) is 0 Å². The first-order chi connectivity index (χ1) is 15.7. The van der Waals surface area contributed by atoms with E-state index in [1.807, 2.05) is 32.2 Å². The molecule has 2 unspecified atom stereocenters. The number of pyridine rings is 1. The summed E-state index contributed by atoms with van der Waals surface area (Å²) in [5, 5.41) is 1.06. The van der Waals surface area contributed by atoms with Gasteiger partial charge in [-0.2, -0.15) is 0 Å². The summed E-state index contributed by atoms with van der Waals surface area (Å²) >= 11 is 0. The largest absolute Gasteiger partial charge is 0.347 e. The number of aromatic nitrogens is 2. The first-order valence-electron chi connectivity index (χ1n) is 11.8. The molecule has 33 heavy (non-hydrogen) atoms. The molecule has 2 aromatic heterocycles. The van der Waals surface area contributed by atoms with Gasteiger partial charge < -0.3 is 14.5 Å². The van der Waals surface area contributed by atoms with E-state index in [1.54, 1.807) is 12.1 Å². The van der Waals surface area contributed by atoms with Crippen LogP contribution in [0.4, 0.5) is 0 Å². The van der Waals surface area contributed by atoms with Gasteiger partial charge in [-0.1, -0.05) is 37.8 Å². The molecule has 5 rings (SSSR count). The fraction of sp³-hybridized carbons (Fsp3) is 0.500. The average Bonchev–Trinajstić information content (AvgIpc) is 3.50. The van der Waals surface area contributed by atoms with Crippen LogP contribution in [0.15, 0.2) is 47.5 Å². The summed E-state index contributed by atoms with van der Waals surface area (Å²) in [6, 6.07) is 11.7. The van der Waals surface area contributed by atoms with E-state index in [4.69, 9.17) is 9.47 Å². The molecule has 1 aliphatic carbocycles. The Morgan fingerprint density at radius 3 is 2.52 bits per heavy atom. The van der Waals surface area contributed by atoms with Gasteiger partial charge in [0.25, 0.3) is 0 Å². The molecule has 1 aromatic carbocycles. The molecular formula is C26H32N2O4S. The highest BCUT2D eigenvalue weighted by Gasteiger charge is 2.34. The Morgan fingerprint density at radius 2 is 1.88 bits per heavy atom. The Balaban J connectivity index is 1.48. The summed E-state index contributed by atoms with van der Waals surface area (Å²) in [4.78, 5) is 8.58. The Morgan fingerprint density at radius 1 is 1.15 bits per heavy atom. The quantitative estimate of drug-likeness (QED) is 0.516. The summed E-state index contributed by atoms with van der Waals surface area (Å²) in [6.07, 6.45) is 9.15. The lowest BCUT2D eigenvalue weighted by Crippen LogP contribution is -2.19. The molecule has 2 aliphatic rings. The highest BCUT2D eigenvalue weighted by molar-refractivity contribution is 7.90.